The predicted octanol–water partition coefficient (Wildman–Crippen LogP) is 2.88. The Morgan fingerprint density at radius 3 is 2.66 bits per heavy atom. The van der Waals surface area contributed by atoms with E-state index in [1.165, 1.54) is 47.4 Å². The van der Waals surface area contributed by atoms with Gasteiger partial charge in [0.1, 0.15) is 0 Å². The molecule has 3 rings (SSSR count). The largest absolute Gasteiger partial charge is 0.490 e. The molecule has 0 saturated carbocycles. The van der Waals surface area contributed by atoms with Crippen LogP contribution >= 0.6 is 0 Å². The molecule has 0 spiro atoms. The van der Waals surface area contributed by atoms with Gasteiger partial charge >= 0.3 is 5.92 Å². The van der Waals surface area contributed by atoms with Crippen LogP contribution in [0.2, 0.25) is 0 Å². The fraction of sp³-hybridized carbons (Fsp3) is 0.333. The Morgan fingerprint density at radius 1 is 1.24 bits per heavy atom. The van der Waals surface area contributed by atoms with Gasteiger partial charge < -0.3 is 20.1 Å². The lowest BCUT2D eigenvalue weighted by Crippen LogP contribution is -2.40. The fourth-order valence-electron chi connectivity index (χ4n) is 3.16. The molecule has 0 aliphatic carbocycles. The van der Waals surface area contributed by atoms with Gasteiger partial charge in [-0.15, -0.1) is 0 Å². The first-order chi connectivity index (χ1) is 13.8. The molecule has 2 N–H and O–H groups in total. The van der Waals surface area contributed by atoms with Crippen molar-refractivity contribution in [2.24, 2.45) is 5.92 Å². The number of para-hydroxylation sites is 1. The van der Waals surface area contributed by atoms with Gasteiger partial charge in [-0.1, -0.05) is 43.3 Å². The number of nitrogens with one attached hydrogen (secondary N) is 1. The number of aliphatic hydroxyl groups is 1. The molecule has 2 aromatic carbocycles. The third-order valence-electron chi connectivity index (χ3n) is 4.62. The molecular formula is C21H22F2N2O4. The first-order valence-electron chi connectivity index (χ1n) is 9.25. The molecule has 29 heavy (non-hydrogen) atoms. The summed E-state index contributed by atoms with van der Waals surface area (Å²) in [5.41, 5.74) is -0.295. The molecule has 0 saturated heterocycles. The normalized spacial score (nSPS) is 17.0. The highest BCUT2D eigenvalue weighted by atomic mass is 19.3. The van der Waals surface area contributed by atoms with Gasteiger partial charge in [0.15, 0.2) is 5.75 Å². The number of carbonyl (C=O) groups is 2. The minimum Gasteiger partial charge on any atom is -0.490 e. The van der Waals surface area contributed by atoms with Crippen LogP contribution in [0.3, 0.4) is 0 Å². The summed E-state index contributed by atoms with van der Waals surface area (Å²) in [6.07, 6.45) is 0. The Kier molecular flexibility index (Phi) is 6.12. The van der Waals surface area contributed by atoms with Crippen LogP contribution in [0, 0.1) is 5.92 Å². The summed E-state index contributed by atoms with van der Waals surface area (Å²) < 4.78 is 34.8. The van der Waals surface area contributed by atoms with E-state index in [0.29, 0.717) is 6.54 Å². The summed E-state index contributed by atoms with van der Waals surface area (Å²) in [4.78, 5) is 26.7. The summed E-state index contributed by atoms with van der Waals surface area (Å²) in [6, 6.07) is 11.2. The number of halogens is 2. The van der Waals surface area contributed by atoms with Gasteiger partial charge in [-0.3, -0.25) is 9.59 Å². The Balaban J connectivity index is 1.93. The molecule has 1 aliphatic rings. The van der Waals surface area contributed by atoms with Gasteiger partial charge in [0, 0.05) is 24.6 Å². The maximum Gasteiger partial charge on any atom is 0.350 e. The van der Waals surface area contributed by atoms with Crippen molar-refractivity contribution in [3.8, 4) is 5.75 Å². The monoisotopic (exact) mass is 404 g/mol. The standard InChI is InChI=1S/C21H22F2N2O4/c1-14-12-25(10-11-26)19(27)16-8-5-9-17(18(16)29-13-14)24-20(28)21(22,23)15-6-3-2-4-7-15/h2-9,14,26H,10-13H2,1H3,(H,24,28)/t14-/m1/s1. The van der Waals surface area contributed by atoms with Crippen molar-refractivity contribution in [2.45, 2.75) is 12.8 Å². The van der Waals surface area contributed by atoms with Crippen LogP contribution in [0.25, 0.3) is 0 Å². The molecule has 0 bridgehead atoms. The zero-order valence-corrected chi connectivity index (χ0v) is 15.9. The molecule has 1 heterocycles. The van der Waals surface area contributed by atoms with E-state index in [2.05, 4.69) is 5.32 Å². The number of amides is 2. The van der Waals surface area contributed by atoms with Crippen molar-refractivity contribution >= 4 is 17.5 Å². The smallest absolute Gasteiger partial charge is 0.350 e. The third kappa shape index (κ3) is 4.37. The van der Waals surface area contributed by atoms with Gasteiger partial charge in [-0.25, -0.2) is 0 Å². The molecule has 154 valence electrons. The number of β-amino-alcohol motifs (C(OH)–C–C–N with tert-alkyl or cyclic N) is 1. The number of hydrogen-bond acceptors (Lipinski definition) is 4. The summed E-state index contributed by atoms with van der Waals surface area (Å²) in [6.45, 7) is 2.43. The van der Waals surface area contributed by atoms with E-state index in [0.717, 1.165) is 0 Å². The van der Waals surface area contributed by atoms with E-state index in [4.69, 9.17) is 4.74 Å². The Morgan fingerprint density at radius 2 is 1.97 bits per heavy atom. The van der Waals surface area contributed by atoms with E-state index in [1.54, 1.807) is 6.07 Å². The summed E-state index contributed by atoms with van der Waals surface area (Å²) in [5.74, 6) is -5.68. The van der Waals surface area contributed by atoms with Crippen molar-refractivity contribution in [2.75, 3.05) is 31.6 Å². The molecule has 0 aromatic heterocycles. The quantitative estimate of drug-likeness (QED) is 0.803. The highest BCUT2D eigenvalue weighted by Gasteiger charge is 2.41. The molecule has 8 heteroatoms. The van der Waals surface area contributed by atoms with Crippen LogP contribution in [0.15, 0.2) is 48.5 Å². The van der Waals surface area contributed by atoms with E-state index in [9.17, 15) is 23.5 Å². The Hall–Kier alpha value is -3.00. The lowest BCUT2D eigenvalue weighted by atomic mass is 10.1. The van der Waals surface area contributed by atoms with Crippen molar-refractivity contribution in [1.29, 1.82) is 0 Å². The van der Waals surface area contributed by atoms with Gasteiger partial charge in [0.05, 0.1) is 24.5 Å². The van der Waals surface area contributed by atoms with Crippen LogP contribution in [0.4, 0.5) is 14.5 Å². The van der Waals surface area contributed by atoms with Crippen molar-refractivity contribution < 1.29 is 28.2 Å². The van der Waals surface area contributed by atoms with E-state index in [-0.39, 0.29) is 42.7 Å². The molecule has 1 atom stereocenters. The van der Waals surface area contributed by atoms with E-state index < -0.39 is 23.3 Å². The van der Waals surface area contributed by atoms with Crippen LogP contribution < -0.4 is 10.1 Å². The second-order valence-corrected chi connectivity index (χ2v) is 6.97. The molecule has 0 unspecified atom stereocenters. The van der Waals surface area contributed by atoms with Crippen molar-refractivity contribution in [3.63, 3.8) is 0 Å². The van der Waals surface area contributed by atoms with Crippen molar-refractivity contribution in [3.05, 3.63) is 59.7 Å². The number of aliphatic hydroxyl groups excluding tert-OH is 1. The molecule has 6 nitrogen and oxygen atoms in total. The number of benzene rings is 2. The summed E-state index contributed by atoms with van der Waals surface area (Å²) in [7, 11) is 0. The third-order valence-corrected chi connectivity index (χ3v) is 4.62. The number of hydrogen-bond donors (Lipinski definition) is 2. The highest BCUT2D eigenvalue weighted by molar-refractivity contribution is 6.03. The van der Waals surface area contributed by atoms with E-state index in [1.807, 2.05) is 6.92 Å². The van der Waals surface area contributed by atoms with E-state index >= 15 is 0 Å². The SMILES string of the molecule is C[C@H]1COc2c(NC(=O)C(F)(F)c3ccccc3)cccc2C(=O)N(CCO)C1. The number of carbonyl (C=O) groups excluding carboxylic acids is 2. The lowest BCUT2D eigenvalue weighted by Gasteiger charge is -2.30. The zero-order valence-electron chi connectivity index (χ0n) is 15.9. The van der Waals surface area contributed by atoms with Crippen LogP contribution in [-0.4, -0.2) is 48.1 Å². The Labute approximate surface area is 167 Å². The molecule has 2 amide bonds. The summed E-state index contributed by atoms with van der Waals surface area (Å²) in [5, 5.41) is 11.4. The molecule has 1 aliphatic heterocycles. The maximum absolute atomic E-state index is 14.6. The number of rotatable bonds is 5. The number of alkyl halides is 2. The molecule has 0 fully saturated rings. The minimum atomic E-state index is -3.76. The van der Waals surface area contributed by atoms with Gasteiger partial charge in [0.25, 0.3) is 11.8 Å². The highest BCUT2D eigenvalue weighted by Crippen LogP contribution is 2.35. The zero-order chi connectivity index (χ0) is 21.0. The lowest BCUT2D eigenvalue weighted by molar-refractivity contribution is -0.140. The van der Waals surface area contributed by atoms with Gasteiger partial charge in [-0.05, 0) is 12.1 Å². The number of ether oxygens (including phenoxy) is 1. The average molecular weight is 404 g/mol. The topological polar surface area (TPSA) is 78.9 Å². The van der Waals surface area contributed by atoms with Crippen molar-refractivity contribution in [1.82, 2.24) is 4.90 Å². The molecule has 0 radical (unpaired) electrons. The molecule has 2 aromatic rings. The average Bonchev–Trinajstić information content (AvgIpc) is 2.71. The fourth-order valence-corrected chi connectivity index (χ4v) is 3.16. The second kappa shape index (κ2) is 8.57. The molecular weight excluding hydrogens is 382 g/mol. The number of fused-ring (bicyclic) bond motifs is 1. The number of nitrogens with zero attached hydrogens (tertiary/aromatic N) is 1. The first-order valence-corrected chi connectivity index (χ1v) is 9.25. The summed E-state index contributed by atoms with van der Waals surface area (Å²) >= 11 is 0. The Bertz CT molecular complexity index is 890. The maximum atomic E-state index is 14.6. The minimum absolute atomic E-state index is 0.00509. The number of anilines is 1. The first kappa shape index (κ1) is 20.7. The second-order valence-electron chi connectivity index (χ2n) is 6.97. The van der Waals surface area contributed by atoms with Crippen LogP contribution in [0.5, 0.6) is 5.75 Å². The van der Waals surface area contributed by atoms with Crippen LogP contribution in [0.1, 0.15) is 22.8 Å². The predicted molar refractivity (Wildman–Crippen MR) is 103 cm³/mol. The van der Waals surface area contributed by atoms with Crippen LogP contribution in [-0.2, 0) is 10.7 Å². The van der Waals surface area contributed by atoms with Gasteiger partial charge in [-0.2, -0.15) is 8.78 Å². The van der Waals surface area contributed by atoms with Gasteiger partial charge in [0.2, 0.25) is 0 Å².